The van der Waals surface area contributed by atoms with Crippen LogP contribution in [0.5, 0.6) is 0 Å². The fraction of sp³-hybridized carbons (Fsp3) is 0.692. The maximum atomic E-state index is 12.6. The lowest BCUT2D eigenvalue weighted by atomic mass is 10.2. The average Bonchev–Trinajstić information content (AvgIpc) is 2.78. The van der Waals surface area contributed by atoms with E-state index in [1.165, 1.54) is 11.3 Å². The average molecular weight is 314 g/mol. The number of hydrogen-bond acceptors (Lipinski definition) is 7. The van der Waals surface area contributed by atoms with Gasteiger partial charge in [-0.2, -0.15) is 0 Å². The first-order valence-electron chi connectivity index (χ1n) is 6.95. The van der Waals surface area contributed by atoms with Crippen molar-refractivity contribution in [1.29, 1.82) is 0 Å². The van der Waals surface area contributed by atoms with Crippen LogP contribution in [0.1, 0.15) is 23.5 Å². The van der Waals surface area contributed by atoms with E-state index in [9.17, 15) is 4.79 Å². The van der Waals surface area contributed by atoms with Gasteiger partial charge in [0.25, 0.3) is 5.91 Å². The highest BCUT2D eigenvalue weighted by Crippen LogP contribution is 2.27. The zero-order valence-electron chi connectivity index (χ0n) is 12.6. The summed E-state index contributed by atoms with van der Waals surface area (Å²) in [5.74, 6) is 0.198. The first-order chi connectivity index (χ1) is 10.0. The molecule has 2 rings (SSSR count). The van der Waals surface area contributed by atoms with Crippen molar-refractivity contribution < 1.29 is 14.3 Å². The molecule has 118 valence electrons. The molecule has 0 unspecified atom stereocenters. The molecule has 0 saturated carbocycles. The molecule has 0 radical (unpaired) electrons. The van der Waals surface area contributed by atoms with Crippen LogP contribution in [0.3, 0.4) is 0 Å². The number of hydrogen-bond donors (Lipinski definition) is 2. The number of nitrogens with one attached hydrogen (secondary N) is 1. The van der Waals surface area contributed by atoms with Gasteiger partial charge in [0, 0.05) is 26.7 Å². The predicted molar refractivity (Wildman–Crippen MR) is 82.8 cm³/mol. The molecular weight excluding hydrogens is 292 g/mol. The molecule has 1 aromatic heterocycles. The van der Waals surface area contributed by atoms with Gasteiger partial charge < -0.3 is 25.4 Å². The molecule has 1 aliphatic heterocycles. The molecule has 21 heavy (non-hydrogen) atoms. The van der Waals surface area contributed by atoms with Crippen molar-refractivity contribution in [2.24, 2.45) is 0 Å². The quantitative estimate of drug-likeness (QED) is 0.789. The summed E-state index contributed by atoms with van der Waals surface area (Å²) in [4.78, 5) is 19.0. The lowest BCUT2D eigenvalue weighted by Crippen LogP contribution is -2.48. The number of rotatable bonds is 5. The zero-order chi connectivity index (χ0) is 15.4. The van der Waals surface area contributed by atoms with E-state index in [0.29, 0.717) is 36.2 Å². The van der Waals surface area contributed by atoms with E-state index in [-0.39, 0.29) is 23.9 Å². The van der Waals surface area contributed by atoms with Gasteiger partial charge >= 0.3 is 0 Å². The Hall–Kier alpha value is -1.38. The van der Waals surface area contributed by atoms with Crippen molar-refractivity contribution in [2.45, 2.75) is 26.1 Å². The van der Waals surface area contributed by atoms with Crippen LogP contribution >= 0.6 is 11.3 Å². The summed E-state index contributed by atoms with van der Waals surface area (Å²) in [5.41, 5.74) is 5.87. The van der Waals surface area contributed by atoms with Gasteiger partial charge in [0.2, 0.25) is 0 Å². The molecule has 1 aliphatic rings. The zero-order valence-corrected chi connectivity index (χ0v) is 13.4. The van der Waals surface area contributed by atoms with Gasteiger partial charge in [-0.25, -0.2) is 4.98 Å². The van der Waals surface area contributed by atoms with Gasteiger partial charge in [0.1, 0.15) is 10.7 Å². The Morgan fingerprint density at radius 2 is 2.19 bits per heavy atom. The minimum absolute atomic E-state index is 0.0335. The van der Waals surface area contributed by atoms with Crippen LogP contribution in [0.25, 0.3) is 0 Å². The highest BCUT2D eigenvalue weighted by atomic mass is 32.1. The monoisotopic (exact) mass is 314 g/mol. The number of nitrogen functional groups attached to an aromatic ring is 1. The number of nitrogens with zero attached hydrogens (tertiary/aromatic N) is 2. The number of anilines is 2. The first-order valence-corrected chi connectivity index (χ1v) is 7.76. The Kier molecular flexibility index (Phi) is 5.38. The van der Waals surface area contributed by atoms with Crippen LogP contribution in [0, 0.1) is 0 Å². The molecule has 1 saturated heterocycles. The number of amides is 1. The van der Waals surface area contributed by atoms with E-state index in [1.807, 2.05) is 13.8 Å². The minimum atomic E-state index is -0.0770. The van der Waals surface area contributed by atoms with Crippen molar-refractivity contribution in [3.05, 3.63) is 4.88 Å². The Labute approximate surface area is 128 Å². The maximum absolute atomic E-state index is 12.6. The van der Waals surface area contributed by atoms with E-state index in [1.54, 1.807) is 12.0 Å². The largest absolute Gasteiger partial charge is 0.383 e. The number of ether oxygens (including phenoxy) is 2. The molecule has 8 heteroatoms. The molecule has 0 bridgehead atoms. The lowest BCUT2D eigenvalue weighted by Gasteiger charge is -2.35. The van der Waals surface area contributed by atoms with Crippen LogP contribution < -0.4 is 11.1 Å². The van der Waals surface area contributed by atoms with Gasteiger partial charge in [-0.15, -0.1) is 0 Å². The number of aromatic nitrogens is 1. The molecule has 1 amide bonds. The summed E-state index contributed by atoms with van der Waals surface area (Å²) < 4.78 is 10.6. The van der Waals surface area contributed by atoms with Crippen LogP contribution in [0.15, 0.2) is 0 Å². The van der Waals surface area contributed by atoms with Crippen LogP contribution in [-0.2, 0) is 9.47 Å². The summed E-state index contributed by atoms with van der Waals surface area (Å²) in [6, 6.07) is 0. The Balaban J connectivity index is 2.04. The second kappa shape index (κ2) is 7.06. The van der Waals surface area contributed by atoms with Crippen molar-refractivity contribution in [3.8, 4) is 0 Å². The van der Waals surface area contributed by atoms with Crippen molar-refractivity contribution in [2.75, 3.05) is 44.4 Å². The standard InChI is InChI=1S/C13H22N4O3S/c1-8-6-17(7-9(2)20-8)12(18)10-11(14)16-13(21-10)15-4-5-19-3/h8-9H,4-7,14H2,1-3H3,(H,15,16)/t8-,9+. The third-order valence-corrected chi connectivity index (χ3v) is 4.15. The molecule has 0 aliphatic carbocycles. The highest BCUT2D eigenvalue weighted by Gasteiger charge is 2.29. The van der Waals surface area contributed by atoms with Crippen molar-refractivity contribution in [1.82, 2.24) is 9.88 Å². The summed E-state index contributed by atoms with van der Waals surface area (Å²) in [6.07, 6.45) is 0.0669. The third kappa shape index (κ3) is 4.05. The van der Waals surface area contributed by atoms with Gasteiger partial charge in [-0.05, 0) is 13.8 Å². The third-order valence-electron chi connectivity index (χ3n) is 3.14. The summed E-state index contributed by atoms with van der Waals surface area (Å²) >= 11 is 1.28. The fourth-order valence-electron chi connectivity index (χ4n) is 2.31. The molecule has 7 nitrogen and oxygen atoms in total. The summed E-state index contributed by atoms with van der Waals surface area (Å²) in [7, 11) is 1.63. The normalized spacial score (nSPS) is 22.3. The number of nitrogens with two attached hydrogens (primary N) is 1. The fourth-order valence-corrected chi connectivity index (χ4v) is 3.19. The number of methoxy groups -OCH3 is 1. The number of carbonyl (C=O) groups is 1. The van der Waals surface area contributed by atoms with E-state index in [4.69, 9.17) is 15.2 Å². The SMILES string of the molecule is COCCNc1nc(N)c(C(=O)N2C[C@@H](C)O[C@@H](C)C2)s1. The van der Waals surface area contributed by atoms with Gasteiger partial charge in [-0.1, -0.05) is 11.3 Å². The van der Waals surface area contributed by atoms with Gasteiger partial charge in [0.05, 0.1) is 18.8 Å². The molecule has 0 aromatic carbocycles. The molecule has 2 heterocycles. The minimum Gasteiger partial charge on any atom is -0.383 e. The predicted octanol–water partition coefficient (Wildman–Crippen LogP) is 1.03. The maximum Gasteiger partial charge on any atom is 0.268 e. The number of thiazole rings is 1. The molecule has 0 spiro atoms. The number of carbonyl (C=O) groups excluding carboxylic acids is 1. The van der Waals surface area contributed by atoms with E-state index in [0.717, 1.165) is 0 Å². The number of morpholine rings is 1. The Morgan fingerprint density at radius 1 is 1.52 bits per heavy atom. The van der Waals surface area contributed by atoms with Crippen LogP contribution in [-0.4, -0.2) is 61.3 Å². The van der Waals surface area contributed by atoms with Crippen molar-refractivity contribution in [3.63, 3.8) is 0 Å². The molecule has 2 atom stereocenters. The topological polar surface area (TPSA) is 89.7 Å². The van der Waals surface area contributed by atoms with Gasteiger partial charge in [-0.3, -0.25) is 4.79 Å². The van der Waals surface area contributed by atoms with E-state index in [2.05, 4.69) is 10.3 Å². The Bertz CT molecular complexity index is 484. The van der Waals surface area contributed by atoms with Crippen LogP contribution in [0.4, 0.5) is 10.9 Å². The van der Waals surface area contributed by atoms with Gasteiger partial charge in [0.15, 0.2) is 5.13 Å². The molecular formula is C13H22N4O3S. The second-order valence-corrected chi connectivity index (χ2v) is 6.12. The molecule has 1 fully saturated rings. The second-order valence-electron chi connectivity index (χ2n) is 5.12. The van der Waals surface area contributed by atoms with E-state index >= 15 is 0 Å². The highest BCUT2D eigenvalue weighted by molar-refractivity contribution is 7.18. The first kappa shape index (κ1) is 16.0. The molecule has 3 N–H and O–H groups in total. The van der Waals surface area contributed by atoms with E-state index < -0.39 is 0 Å². The summed E-state index contributed by atoms with van der Waals surface area (Å²) in [5, 5.41) is 3.73. The molecule has 1 aromatic rings. The smallest absolute Gasteiger partial charge is 0.268 e. The summed E-state index contributed by atoms with van der Waals surface area (Å²) in [6.45, 7) is 6.28. The Morgan fingerprint density at radius 3 is 2.81 bits per heavy atom. The lowest BCUT2D eigenvalue weighted by molar-refractivity contribution is -0.0584. The van der Waals surface area contributed by atoms with Crippen molar-refractivity contribution >= 4 is 28.2 Å². The van der Waals surface area contributed by atoms with Crippen LogP contribution in [0.2, 0.25) is 0 Å².